The normalized spacial score (nSPS) is 11.2. The average Bonchev–Trinajstić information content (AvgIpc) is 2.72. The van der Waals surface area contributed by atoms with E-state index in [9.17, 15) is 13.2 Å². The first-order valence-electron chi connectivity index (χ1n) is 8.61. The van der Waals surface area contributed by atoms with Gasteiger partial charge in [0.2, 0.25) is 10.0 Å². The van der Waals surface area contributed by atoms with Crippen LogP contribution in [0.2, 0.25) is 15.1 Å². The second-order valence-electron chi connectivity index (χ2n) is 6.16. The van der Waals surface area contributed by atoms with Crippen molar-refractivity contribution >= 4 is 56.4 Å². The molecule has 0 radical (unpaired) electrons. The third-order valence-electron chi connectivity index (χ3n) is 4.02. The van der Waals surface area contributed by atoms with Crippen molar-refractivity contribution in [1.82, 2.24) is 10.1 Å². The van der Waals surface area contributed by atoms with Gasteiger partial charge in [-0.2, -0.15) is 0 Å². The fourth-order valence-corrected chi connectivity index (χ4v) is 4.49. The van der Waals surface area contributed by atoms with Crippen LogP contribution in [0, 0.1) is 0 Å². The van der Waals surface area contributed by atoms with E-state index in [1.807, 2.05) is 30.3 Å². The molecule has 0 saturated heterocycles. The lowest BCUT2D eigenvalue weighted by atomic mass is 10.2. The maximum atomic E-state index is 12.6. The zero-order chi connectivity index (χ0) is 21.7. The Hall–Kier alpha value is -2.29. The molecular formula is C20H16Cl3N3O3S. The summed E-state index contributed by atoms with van der Waals surface area (Å²) in [6.07, 6.45) is 0. The van der Waals surface area contributed by atoms with Gasteiger partial charge >= 0.3 is 0 Å². The lowest BCUT2D eigenvalue weighted by Crippen LogP contribution is -2.30. The summed E-state index contributed by atoms with van der Waals surface area (Å²) in [5.41, 5.74) is 6.28. The van der Waals surface area contributed by atoms with Gasteiger partial charge in [-0.15, -0.1) is 0 Å². The monoisotopic (exact) mass is 483 g/mol. The van der Waals surface area contributed by atoms with Crippen molar-refractivity contribution in [3.05, 3.63) is 92.9 Å². The van der Waals surface area contributed by atoms with E-state index in [2.05, 4.69) is 15.6 Å². The fraction of sp³-hybridized carbons (Fsp3) is 0.0500. The van der Waals surface area contributed by atoms with Crippen molar-refractivity contribution in [3.8, 4) is 0 Å². The summed E-state index contributed by atoms with van der Waals surface area (Å²) in [4.78, 5) is 12.4. The zero-order valence-corrected chi connectivity index (χ0v) is 18.4. The van der Waals surface area contributed by atoms with E-state index in [0.29, 0.717) is 5.02 Å². The molecule has 3 aromatic rings. The molecule has 0 saturated carbocycles. The summed E-state index contributed by atoms with van der Waals surface area (Å²) < 4.78 is 27.7. The Morgan fingerprint density at radius 1 is 0.867 bits per heavy atom. The lowest BCUT2D eigenvalue weighted by Gasteiger charge is -2.13. The van der Waals surface area contributed by atoms with Gasteiger partial charge in [0, 0.05) is 17.1 Å². The number of sulfonamides is 1. The number of amides is 1. The van der Waals surface area contributed by atoms with Crippen LogP contribution in [0.15, 0.2) is 71.6 Å². The summed E-state index contributed by atoms with van der Waals surface area (Å²) in [7, 11) is -3.81. The van der Waals surface area contributed by atoms with Gasteiger partial charge in [-0.05, 0) is 35.9 Å². The molecule has 0 heterocycles. The Balaban J connectivity index is 1.70. The second kappa shape index (κ2) is 9.68. The lowest BCUT2D eigenvalue weighted by molar-refractivity contribution is 0.0962. The SMILES string of the molecule is O=C(NNc1c(Cl)cc(Cl)cc1Cl)c1cccc(S(=O)(=O)NCc2ccccc2)c1. The van der Waals surface area contributed by atoms with E-state index in [1.54, 1.807) is 0 Å². The number of hydrogen-bond donors (Lipinski definition) is 3. The molecule has 0 bridgehead atoms. The van der Waals surface area contributed by atoms with E-state index < -0.39 is 15.9 Å². The minimum absolute atomic E-state index is 0.0337. The number of anilines is 1. The average molecular weight is 485 g/mol. The molecule has 3 aromatic carbocycles. The third-order valence-corrected chi connectivity index (χ3v) is 6.24. The summed E-state index contributed by atoms with van der Waals surface area (Å²) in [5.74, 6) is -0.572. The molecule has 3 N–H and O–H groups in total. The standard InChI is InChI=1S/C20H16Cl3N3O3S/c21-15-10-17(22)19(18(23)11-15)25-26-20(27)14-7-4-8-16(9-14)30(28,29)24-12-13-5-2-1-3-6-13/h1-11,24-25H,12H2,(H,26,27). The van der Waals surface area contributed by atoms with Gasteiger partial charge in [-0.1, -0.05) is 71.2 Å². The van der Waals surface area contributed by atoms with Crippen LogP contribution >= 0.6 is 34.8 Å². The smallest absolute Gasteiger partial charge is 0.269 e. The Labute approximate surface area is 189 Å². The molecule has 0 aliphatic heterocycles. The minimum Gasteiger partial charge on any atom is -0.295 e. The van der Waals surface area contributed by atoms with Crippen molar-refractivity contribution in [2.75, 3.05) is 5.43 Å². The van der Waals surface area contributed by atoms with E-state index >= 15 is 0 Å². The number of halogens is 3. The third kappa shape index (κ3) is 5.65. The number of nitrogens with one attached hydrogen (secondary N) is 3. The van der Waals surface area contributed by atoms with Crippen LogP contribution in [0.4, 0.5) is 5.69 Å². The van der Waals surface area contributed by atoms with Gasteiger partial charge in [-0.25, -0.2) is 13.1 Å². The second-order valence-corrected chi connectivity index (χ2v) is 9.18. The quantitative estimate of drug-likeness (QED) is 0.417. The number of hydrogen-bond acceptors (Lipinski definition) is 4. The predicted molar refractivity (Wildman–Crippen MR) is 119 cm³/mol. The Morgan fingerprint density at radius 2 is 1.53 bits per heavy atom. The molecule has 0 unspecified atom stereocenters. The van der Waals surface area contributed by atoms with Gasteiger partial charge < -0.3 is 0 Å². The minimum atomic E-state index is -3.81. The molecule has 0 spiro atoms. The van der Waals surface area contributed by atoms with Crippen LogP contribution in [0.1, 0.15) is 15.9 Å². The van der Waals surface area contributed by atoms with Gasteiger partial charge in [-0.3, -0.25) is 15.6 Å². The summed E-state index contributed by atoms with van der Waals surface area (Å²) in [6, 6.07) is 17.7. The molecule has 0 atom stereocenters. The Bertz CT molecular complexity index is 1150. The van der Waals surface area contributed by atoms with E-state index in [-0.39, 0.29) is 32.7 Å². The Kier molecular flexibility index (Phi) is 7.23. The molecular weight excluding hydrogens is 469 g/mol. The van der Waals surface area contributed by atoms with E-state index in [4.69, 9.17) is 34.8 Å². The van der Waals surface area contributed by atoms with Crippen LogP contribution < -0.4 is 15.6 Å². The van der Waals surface area contributed by atoms with Gasteiger partial charge in [0.1, 0.15) is 0 Å². The van der Waals surface area contributed by atoms with E-state index in [0.717, 1.165) is 5.56 Å². The summed E-state index contributed by atoms with van der Waals surface area (Å²) >= 11 is 18.0. The van der Waals surface area contributed by atoms with Crippen molar-refractivity contribution in [2.24, 2.45) is 0 Å². The first kappa shape index (κ1) is 22.4. The van der Waals surface area contributed by atoms with Crippen LogP contribution in [-0.2, 0) is 16.6 Å². The van der Waals surface area contributed by atoms with Crippen molar-refractivity contribution in [2.45, 2.75) is 11.4 Å². The van der Waals surface area contributed by atoms with Gasteiger partial charge in [0.15, 0.2) is 0 Å². The van der Waals surface area contributed by atoms with Gasteiger partial charge in [0.25, 0.3) is 5.91 Å². The molecule has 30 heavy (non-hydrogen) atoms. The summed E-state index contributed by atoms with van der Waals surface area (Å²) in [5, 5.41) is 0.784. The molecule has 156 valence electrons. The largest absolute Gasteiger partial charge is 0.295 e. The highest BCUT2D eigenvalue weighted by molar-refractivity contribution is 7.89. The molecule has 0 aliphatic carbocycles. The van der Waals surface area contributed by atoms with Crippen LogP contribution in [0.3, 0.4) is 0 Å². The first-order chi connectivity index (χ1) is 14.3. The van der Waals surface area contributed by atoms with Crippen molar-refractivity contribution in [1.29, 1.82) is 0 Å². The highest BCUT2D eigenvalue weighted by atomic mass is 35.5. The maximum Gasteiger partial charge on any atom is 0.269 e. The number of carbonyl (C=O) groups excluding carboxylic acids is 1. The van der Waals surface area contributed by atoms with Crippen LogP contribution in [0.5, 0.6) is 0 Å². The fourth-order valence-electron chi connectivity index (χ4n) is 2.52. The Morgan fingerprint density at radius 3 is 2.20 bits per heavy atom. The molecule has 0 aliphatic rings. The number of rotatable bonds is 7. The molecule has 6 nitrogen and oxygen atoms in total. The highest BCUT2D eigenvalue weighted by Gasteiger charge is 2.17. The van der Waals surface area contributed by atoms with Gasteiger partial charge in [0.05, 0.1) is 20.6 Å². The van der Waals surface area contributed by atoms with Crippen LogP contribution in [-0.4, -0.2) is 14.3 Å². The zero-order valence-electron chi connectivity index (χ0n) is 15.3. The number of hydrazine groups is 1. The van der Waals surface area contributed by atoms with Crippen LogP contribution in [0.25, 0.3) is 0 Å². The maximum absolute atomic E-state index is 12.6. The molecule has 1 amide bonds. The molecule has 0 aromatic heterocycles. The molecule has 3 rings (SSSR count). The topological polar surface area (TPSA) is 87.3 Å². The molecule has 0 fully saturated rings. The number of carbonyl (C=O) groups is 1. The molecule has 10 heteroatoms. The van der Waals surface area contributed by atoms with Crippen molar-refractivity contribution in [3.63, 3.8) is 0 Å². The summed E-state index contributed by atoms with van der Waals surface area (Å²) in [6.45, 7) is 0.134. The van der Waals surface area contributed by atoms with E-state index in [1.165, 1.54) is 36.4 Å². The highest BCUT2D eigenvalue weighted by Crippen LogP contribution is 2.33. The first-order valence-corrected chi connectivity index (χ1v) is 11.2. The number of benzene rings is 3. The predicted octanol–water partition coefficient (Wildman–Crippen LogP) is 4.88. The van der Waals surface area contributed by atoms with Crippen molar-refractivity contribution < 1.29 is 13.2 Å².